The van der Waals surface area contributed by atoms with Gasteiger partial charge in [0.05, 0.1) is 0 Å². The molecule has 1 aromatic rings. The quantitative estimate of drug-likeness (QED) is 0.196. The van der Waals surface area contributed by atoms with E-state index in [2.05, 4.69) is 37.8 Å². The predicted molar refractivity (Wildman–Crippen MR) is 154 cm³/mol. The van der Waals surface area contributed by atoms with Crippen LogP contribution in [0.4, 0.5) is 0 Å². The summed E-state index contributed by atoms with van der Waals surface area (Å²) in [6.07, 6.45) is 31.4. The summed E-state index contributed by atoms with van der Waals surface area (Å²) in [6, 6.07) is 9.64. The molecule has 3 aliphatic carbocycles. The van der Waals surface area contributed by atoms with Gasteiger partial charge in [-0.2, -0.15) is 0 Å². The fourth-order valence-electron chi connectivity index (χ4n) is 8.09. The van der Waals surface area contributed by atoms with Crippen LogP contribution in [0.25, 0.3) is 0 Å². The van der Waals surface area contributed by atoms with Gasteiger partial charge < -0.3 is 0 Å². The van der Waals surface area contributed by atoms with E-state index in [-0.39, 0.29) is 0 Å². The highest BCUT2D eigenvalue weighted by Crippen LogP contribution is 2.49. The van der Waals surface area contributed by atoms with Gasteiger partial charge in [0, 0.05) is 0 Å². The highest BCUT2D eigenvalue weighted by atomic mass is 14.4. The van der Waals surface area contributed by atoms with Gasteiger partial charge in [-0.05, 0) is 91.6 Å². The minimum Gasteiger partial charge on any atom is -0.103 e. The zero-order chi connectivity index (χ0) is 24.3. The second-order valence-electron chi connectivity index (χ2n) is 12.9. The summed E-state index contributed by atoms with van der Waals surface area (Å²) >= 11 is 0. The normalized spacial score (nSPS) is 31.1. The molecule has 4 unspecified atom stereocenters. The van der Waals surface area contributed by atoms with Crippen LogP contribution in [0.15, 0.2) is 36.9 Å². The molecule has 0 radical (unpaired) electrons. The molecule has 3 aliphatic rings. The molecule has 0 nitrogen and oxygen atoms in total. The van der Waals surface area contributed by atoms with Crippen molar-refractivity contribution in [2.75, 3.05) is 0 Å². The lowest BCUT2D eigenvalue weighted by Gasteiger charge is -2.43. The first-order chi connectivity index (χ1) is 17.2. The van der Waals surface area contributed by atoms with E-state index in [1.807, 2.05) is 6.08 Å². The van der Waals surface area contributed by atoms with E-state index in [4.69, 9.17) is 0 Å². The molecule has 4 atom stereocenters. The van der Waals surface area contributed by atoms with Crippen molar-refractivity contribution in [2.45, 2.75) is 141 Å². The molecule has 0 N–H and O–H groups in total. The number of hydrogen-bond donors (Lipinski definition) is 0. The predicted octanol–water partition coefficient (Wildman–Crippen LogP) is 11.1. The number of allylic oxidation sites excluding steroid dienone is 1. The van der Waals surface area contributed by atoms with Crippen LogP contribution in [0.1, 0.15) is 146 Å². The Kier molecular flexibility index (Phi) is 11.3. The Labute approximate surface area is 218 Å². The number of fused-ring (bicyclic) bond motifs is 1. The Morgan fingerprint density at radius 3 is 2.06 bits per heavy atom. The van der Waals surface area contributed by atoms with E-state index >= 15 is 0 Å². The van der Waals surface area contributed by atoms with Crippen LogP contribution < -0.4 is 0 Å². The summed E-state index contributed by atoms with van der Waals surface area (Å²) in [5.74, 6) is 6.06. The largest absolute Gasteiger partial charge is 0.103 e. The standard InChI is InChI=1S/C35H56/c1-3-5-7-8-9-11-29-12-14-30(15-13-29)16-17-31-20-23-35-27-34(25-24-33(35)26-31)32-21-18-28(19-22-32)10-6-4-2/h4,18-19,21-22,29-31,33-35H,2-3,5-17,20,23-27H2,1H3. The van der Waals surface area contributed by atoms with Gasteiger partial charge in [-0.15, -0.1) is 6.58 Å². The Hall–Kier alpha value is -1.04. The summed E-state index contributed by atoms with van der Waals surface area (Å²) in [5, 5.41) is 0. The Bertz CT molecular complexity index is 706. The van der Waals surface area contributed by atoms with Gasteiger partial charge in [-0.1, -0.05) is 121 Å². The summed E-state index contributed by atoms with van der Waals surface area (Å²) in [6.45, 7) is 6.19. The van der Waals surface area contributed by atoms with Gasteiger partial charge >= 0.3 is 0 Å². The molecule has 0 spiro atoms. The van der Waals surface area contributed by atoms with Crippen LogP contribution in [0.3, 0.4) is 0 Å². The highest BCUT2D eigenvalue weighted by Gasteiger charge is 2.36. The average molecular weight is 477 g/mol. The lowest BCUT2D eigenvalue weighted by molar-refractivity contribution is 0.108. The second kappa shape index (κ2) is 14.6. The number of aryl methyl sites for hydroxylation is 1. The van der Waals surface area contributed by atoms with E-state index < -0.39 is 0 Å². The molecule has 4 rings (SSSR count). The van der Waals surface area contributed by atoms with Crippen molar-refractivity contribution in [1.29, 1.82) is 0 Å². The van der Waals surface area contributed by atoms with E-state index in [1.54, 1.807) is 50.5 Å². The van der Waals surface area contributed by atoms with Gasteiger partial charge in [0.15, 0.2) is 0 Å². The van der Waals surface area contributed by atoms with Crippen LogP contribution >= 0.6 is 0 Å². The van der Waals surface area contributed by atoms with Crippen LogP contribution in [0.5, 0.6) is 0 Å². The van der Waals surface area contributed by atoms with Crippen LogP contribution in [-0.4, -0.2) is 0 Å². The number of rotatable bonds is 13. The first-order valence-corrected chi connectivity index (χ1v) is 15.9. The Morgan fingerprint density at radius 1 is 0.686 bits per heavy atom. The third-order valence-corrected chi connectivity index (χ3v) is 10.5. The monoisotopic (exact) mass is 476 g/mol. The van der Waals surface area contributed by atoms with Gasteiger partial charge in [0.2, 0.25) is 0 Å². The number of benzene rings is 1. The fourth-order valence-corrected chi connectivity index (χ4v) is 8.09. The minimum absolute atomic E-state index is 0.822. The molecule has 0 saturated heterocycles. The molecule has 0 aliphatic heterocycles. The molecule has 0 aromatic heterocycles. The van der Waals surface area contributed by atoms with Gasteiger partial charge in [0.25, 0.3) is 0 Å². The molecule has 3 saturated carbocycles. The summed E-state index contributed by atoms with van der Waals surface area (Å²) in [7, 11) is 0. The van der Waals surface area contributed by atoms with Gasteiger partial charge in [-0.25, -0.2) is 0 Å². The van der Waals surface area contributed by atoms with Crippen LogP contribution in [0, 0.1) is 29.6 Å². The lowest BCUT2D eigenvalue weighted by Crippen LogP contribution is -2.30. The summed E-state index contributed by atoms with van der Waals surface area (Å²) < 4.78 is 0. The van der Waals surface area contributed by atoms with Gasteiger partial charge in [0.1, 0.15) is 0 Å². The first-order valence-electron chi connectivity index (χ1n) is 15.9. The number of unbranched alkanes of at least 4 members (excludes halogenated alkanes) is 4. The highest BCUT2D eigenvalue weighted by molar-refractivity contribution is 5.26. The van der Waals surface area contributed by atoms with Crippen molar-refractivity contribution in [3.63, 3.8) is 0 Å². The van der Waals surface area contributed by atoms with E-state index in [0.29, 0.717) is 0 Å². The second-order valence-corrected chi connectivity index (χ2v) is 12.9. The molecule has 196 valence electrons. The van der Waals surface area contributed by atoms with Crippen molar-refractivity contribution < 1.29 is 0 Å². The molecule has 35 heavy (non-hydrogen) atoms. The maximum Gasteiger partial charge on any atom is -0.0159 e. The zero-order valence-electron chi connectivity index (χ0n) is 23.2. The topological polar surface area (TPSA) is 0 Å². The maximum atomic E-state index is 3.86. The van der Waals surface area contributed by atoms with E-state index in [9.17, 15) is 0 Å². The Balaban J connectivity index is 1.11. The average Bonchev–Trinajstić information content (AvgIpc) is 2.91. The molecule has 1 aromatic carbocycles. The van der Waals surface area contributed by atoms with E-state index in [1.165, 1.54) is 76.2 Å². The van der Waals surface area contributed by atoms with Crippen LogP contribution in [-0.2, 0) is 6.42 Å². The Morgan fingerprint density at radius 2 is 1.31 bits per heavy atom. The fraction of sp³-hybridized carbons (Fsp3) is 0.771. The molecule has 0 heterocycles. The smallest absolute Gasteiger partial charge is 0.0159 e. The van der Waals surface area contributed by atoms with Crippen molar-refractivity contribution in [1.82, 2.24) is 0 Å². The van der Waals surface area contributed by atoms with Crippen molar-refractivity contribution in [2.24, 2.45) is 29.6 Å². The van der Waals surface area contributed by atoms with Crippen molar-refractivity contribution in [3.8, 4) is 0 Å². The van der Waals surface area contributed by atoms with Gasteiger partial charge in [-0.3, -0.25) is 0 Å². The lowest BCUT2D eigenvalue weighted by atomic mass is 9.63. The van der Waals surface area contributed by atoms with Crippen molar-refractivity contribution >= 4 is 0 Å². The zero-order valence-corrected chi connectivity index (χ0v) is 23.2. The third-order valence-electron chi connectivity index (χ3n) is 10.5. The minimum atomic E-state index is 0.822. The molecular formula is C35H56. The summed E-state index contributed by atoms with van der Waals surface area (Å²) in [5.41, 5.74) is 3.09. The third kappa shape index (κ3) is 8.50. The summed E-state index contributed by atoms with van der Waals surface area (Å²) in [4.78, 5) is 0. The maximum absolute atomic E-state index is 3.86. The molecule has 0 heteroatoms. The van der Waals surface area contributed by atoms with Crippen LogP contribution in [0.2, 0.25) is 0 Å². The SMILES string of the molecule is C=CCCc1ccc(C2CCC3CC(CCC4CCC(CCCCCCC)CC4)CCC3C2)cc1. The number of hydrogen-bond acceptors (Lipinski definition) is 0. The van der Waals surface area contributed by atoms with E-state index in [0.717, 1.165) is 48.3 Å². The molecule has 0 amide bonds. The molecule has 3 fully saturated rings. The molecular weight excluding hydrogens is 420 g/mol. The molecule has 0 bridgehead atoms. The van der Waals surface area contributed by atoms with Crippen molar-refractivity contribution in [3.05, 3.63) is 48.0 Å². The first kappa shape index (κ1) is 27.0.